The van der Waals surface area contributed by atoms with Crippen LogP contribution in [-0.2, 0) is 6.18 Å². The zero-order chi connectivity index (χ0) is 10.3. The molecular formula is C7H4F3N3O. The van der Waals surface area contributed by atoms with Crippen molar-refractivity contribution < 1.29 is 17.6 Å². The van der Waals surface area contributed by atoms with Gasteiger partial charge in [0.15, 0.2) is 11.2 Å². The maximum absolute atomic E-state index is 12.1. The second-order valence-electron chi connectivity index (χ2n) is 2.61. The minimum atomic E-state index is -4.60. The number of alkyl halides is 3. The minimum absolute atomic E-state index is 0.0719. The number of pyridine rings is 1. The molecule has 0 unspecified atom stereocenters. The van der Waals surface area contributed by atoms with Crippen LogP contribution in [0.5, 0.6) is 0 Å². The molecule has 2 rings (SSSR count). The molecule has 2 N–H and O–H groups in total. The van der Waals surface area contributed by atoms with Gasteiger partial charge >= 0.3 is 12.1 Å². The Balaban J connectivity index is 2.63. The normalized spacial score (nSPS) is 12.2. The van der Waals surface area contributed by atoms with Gasteiger partial charge in [-0.25, -0.2) is 4.98 Å². The monoisotopic (exact) mass is 203 g/mol. The Morgan fingerprint density at radius 3 is 2.71 bits per heavy atom. The molecule has 0 radical (unpaired) electrons. The lowest BCUT2D eigenvalue weighted by Gasteiger charge is -1.96. The van der Waals surface area contributed by atoms with Crippen LogP contribution in [0.3, 0.4) is 0 Å². The van der Waals surface area contributed by atoms with E-state index in [0.29, 0.717) is 0 Å². The van der Waals surface area contributed by atoms with E-state index in [1.807, 2.05) is 0 Å². The van der Waals surface area contributed by atoms with Crippen molar-refractivity contribution in [1.29, 1.82) is 0 Å². The van der Waals surface area contributed by atoms with Crippen molar-refractivity contribution in [3.05, 3.63) is 18.2 Å². The van der Waals surface area contributed by atoms with Crippen molar-refractivity contribution in [3.8, 4) is 0 Å². The first-order valence-corrected chi connectivity index (χ1v) is 3.56. The van der Waals surface area contributed by atoms with Crippen molar-refractivity contribution in [3.63, 3.8) is 0 Å². The highest BCUT2D eigenvalue weighted by molar-refractivity contribution is 5.71. The van der Waals surface area contributed by atoms with Crippen LogP contribution in [0.4, 0.5) is 18.9 Å². The lowest BCUT2D eigenvalue weighted by atomic mass is 10.4. The molecule has 2 heterocycles. The van der Waals surface area contributed by atoms with Gasteiger partial charge in [0.1, 0.15) is 0 Å². The van der Waals surface area contributed by atoms with E-state index in [1.54, 1.807) is 0 Å². The van der Waals surface area contributed by atoms with Gasteiger partial charge in [-0.2, -0.15) is 18.2 Å². The van der Waals surface area contributed by atoms with E-state index in [4.69, 9.17) is 5.73 Å². The standard InChI is InChI=1S/C7H4F3N3O/c8-7(9,10)6-13-5-4(14-6)1-3(11)2-12-5/h1-2H,11H2. The highest BCUT2D eigenvalue weighted by atomic mass is 19.4. The summed E-state index contributed by atoms with van der Waals surface area (Å²) in [6.07, 6.45) is -3.39. The van der Waals surface area contributed by atoms with Crippen LogP contribution in [-0.4, -0.2) is 9.97 Å². The Morgan fingerprint density at radius 1 is 1.36 bits per heavy atom. The summed E-state index contributed by atoms with van der Waals surface area (Å²) in [5, 5.41) is 0. The van der Waals surface area contributed by atoms with Gasteiger partial charge in [-0.1, -0.05) is 0 Å². The van der Waals surface area contributed by atoms with Crippen molar-refractivity contribution in [2.24, 2.45) is 0 Å². The minimum Gasteiger partial charge on any atom is -0.431 e. The van der Waals surface area contributed by atoms with E-state index in [1.165, 1.54) is 12.3 Å². The first-order valence-electron chi connectivity index (χ1n) is 3.56. The Morgan fingerprint density at radius 2 is 2.07 bits per heavy atom. The predicted octanol–water partition coefficient (Wildman–Crippen LogP) is 1.82. The molecule has 0 saturated carbocycles. The maximum Gasteiger partial charge on any atom is 0.469 e. The summed E-state index contributed by atoms with van der Waals surface area (Å²) in [7, 11) is 0. The number of oxazole rings is 1. The molecule has 0 aliphatic heterocycles. The third-order valence-electron chi connectivity index (χ3n) is 1.51. The fourth-order valence-corrected chi connectivity index (χ4v) is 0.956. The molecule has 0 fully saturated rings. The number of halogens is 3. The first-order chi connectivity index (χ1) is 6.47. The largest absolute Gasteiger partial charge is 0.469 e. The van der Waals surface area contributed by atoms with E-state index in [-0.39, 0.29) is 16.9 Å². The summed E-state index contributed by atoms with van der Waals surface area (Å²) in [5.74, 6) is -1.31. The van der Waals surface area contributed by atoms with Gasteiger partial charge in [-0.05, 0) is 0 Å². The Labute approximate surface area is 75.5 Å². The fourth-order valence-electron chi connectivity index (χ4n) is 0.956. The van der Waals surface area contributed by atoms with Gasteiger partial charge in [0.05, 0.1) is 11.9 Å². The van der Waals surface area contributed by atoms with E-state index in [0.717, 1.165) is 0 Å². The topological polar surface area (TPSA) is 64.9 Å². The number of hydrogen-bond acceptors (Lipinski definition) is 4. The molecule has 0 atom stereocenters. The SMILES string of the molecule is Nc1cnc2nc(C(F)(F)F)oc2c1. The second-order valence-corrected chi connectivity index (χ2v) is 2.61. The number of fused-ring (bicyclic) bond motifs is 1. The molecule has 2 aromatic heterocycles. The Kier molecular flexibility index (Phi) is 1.63. The summed E-state index contributed by atoms with van der Waals surface area (Å²) >= 11 is 0. The number of nitrogen functional groups attached to an aromatic ring is 1. The molecule has 0 spiro atoms. The zero-order valence-corrected chi connectivity index (χ0v) is 6.67. The smallest absolute Gasteiger partial charge is 0.431 e. The lowest BCUT2D eigenvalue weighted by molar-refractivity contribution is -0.156. The average molecular weight is 203 g/mol. The van der Waals surface area contributed by atoms with Gasteiger partial charge in [-0.15, -0.1) is 0 Å². The van der Waals surface area contributed by atoms with Crippen molar-refractivity contribution in [2.75, 3.05) is 5.73 Å². The molecule has 0 aliphatic carbocycles. The van der Waals surface area contributed by atoms with E-state index >= 15 is 0 Å². The third-order valence-corrected chi connectivity index (χ3v) is 1.51. The van der Waals surface area contributed by atoms with Crippen LogP contribution >= 0.6 is 0 Å². The molecular weight excluding hydrogens is 199 g/mol. The third kappa shape index (κ3) is 1.36. The number of nitrogens with two attached hydrogens (primary N) is 1. The lowest BCUT2D eigenvalue weighted by Crippen LogP contribution is -2.04. The second kappa shape index (κ2) is 2.60. The van der Waals surface area contributed by atoms with Gasteiger partial charge in [0, 0.05) is 6.07 Å². The summed E-state index contributed by atoms with van der Waals surface area (Å²) in [5.41, 5.74) is 5.36. The molecule has 0 amide bonds. The van der Waals surface area contributed by atoms with Crippen molar-refractivity contribution in [1.82, 2.24) is 9.97 Å². The highest BCUT2D eigenvalue weighted by Crippen LogP contribution is 2.30. The number of nitrogens with zero attached hydrogens (tertiary/aromatic N) is 2. The number of aromatic nitrogens is 2. The van der Waals surface area contributed by atoms with Crippen LogP contribution in [0.15, 0.2) is 16.7 Å². The molecule has 0 aliphatic rings. The van der Waals surface area contributed by atoms with Crippen molar-refractivity contribution in [2.45, 2.75) is 6.18 Å². The van der Waals surface area contributed by atoms with Crippen LogP contribution in [0.25, 0.3) is 11.2 Å². The molecule has 0 saturated heterocycles. The molecule has 74 valence electrons. The van der Waals surface area contributed by atoms with Gasteiger partial charge in [0.25, 0.3) is 0 Å². The van der Waals surface area contributed by atoms with Crippen LogP contribution < -0.4 is 5.73 Å². The fraction of sp³-hybridized carbons (Fsp3) is 0.143. The number of anilines is 1. The van der Waals surface area contributed by atoms with Crippen LogP contribution in [0.2, 0.25) is 0 Å². The van der Waals surface area contributed by atoms with Crippen molar-refractivity contribution >= 4 is 16.9 Å². The Bertz CT molecular complexity index is 476. The zero-order valence-electron chi connectivity index (χ0n) is 6.67. The first kappa shape index (κ1) is 8.79. The summed E-state index contributed by atoms with van der Waals surface area (Å²) in [4.78, 5) is 6.75. The van der Waals surface area contributed by atoms with Gasteiger partial charge in [0.2, 0.25) is 0 Å². The summed E-state index contributed by atoms with van der Waals surface area (Å²) in [6, 6.07) is 1.24. The average Bonchev–Trinajstić information content (AvgIpc) is 2.45. The van der Waals surface area contributed by atoms with E-state index < -0.39 is 12.1 Å². The number of hydrogen-bond donors (Lipinski definition) is 1. The Hall–Kier alpha value is -1.79. The molecule has 0 bridgehead atoms. The summed E-state index contributed by atoms with van der Waals surface area (Å²) < 4.78 is 40.8. The maximum atomic E-state index is 12.1. The summed E-state index contributed by atoms with van der Waals surface area (Å²) in [6.45, 7) is 0. The molecule has 4 nitrogen and oxygen atoms in total. The van der Waals surface area contributed by atoms with E-state index in [9.17, 15) is 13.2 Å². The molecule has 2 aromatic rings. The molecule has 7 heteroatoms. The molecule has 0 aromatic carbocycles. The van der Waals surface area contributed by atoms with E-state index in [2.05, 4.69) is 14.4 Å². The highest BCUT2D eigenvalue weighted by Gasteiger charge is 2.37. The van der Waals surface area contributed by atoms with Gasteiger partial charge < -0.3 is 10.2 Å². The molecule has 14 heavy (non-hydrogen) atoms. The van der Waals surface area contributed by atoms with Crippen LogP contribution in [0.1, 0.15) is 5.89 Å². The predicted molar refractivity (Wildman–Crippen MR) is 41.2 cm³/mol. The van der Waals surface area contributed by atoms with Gasteiger partial charge in [-0.3, -0.25) is 0 Å². The number of rotatable bonds is 0. The quantitative estimate of drug-likeness (QED) is 0.709. The van der Waals surface area contributed by atoms with Crippen LogP contribution in [0, 0.1) is 0 Å².